The molecule has 0 radical (unpaired) electrons. The number of rotatable bonds is 4. The van der Waals surface area contributed by atoms with Crippen LogP contribution in [-0.2, 0) is 6.61 Å². The van der Waals surface area contributed by atoms with Crippen molar-refractivity contribution in [2.75, 3.05) is 31.1 Å². The normalized spacial score (nSPS) is 15.3. The summed E-state index contributed by atoms with van der Waals surface area (Å²) in [6.07, 6.45) is 0. The van der Waals surface area contributed by atoms with E-state index in [1.54, 1.807) is 11.3 Å². The minimum atomic E-state index is 0.616. The van der Waals surface area contributed by atoms with Crippen LogP contribution in [0.3, 0.4) is 0 Å². The molecule has 3 nitrogen and oxygen atoms in total. The molecular weight excluding hydrogens is 336 g/mol. The van der Waals surface area contributed by atoms with Crippen LogP contribution in [0, 0.1) is 0 Å². The highest BCUT2D eigenvalue weighted by Crippen LogP contribution is 2.25. The monoisotopic (exact) mass is 352 g/mol. The number of hydrogen-bond donors (Lipinski definition) is 1. The van der Waals surface area contributed by atoms with Crippen LogP contribution in [0.15, 0.2) is 40.2 Å². The van der Waals surface area contributed by atoms with Gasteiger partial charge in [0.1, 0.15) is 12.4 Å². The van der Waals surface area contributed by atoms with Crippen molar-refractivity contribution in [1.82, 2.24) is 5.32 Å². The molecule has 1 fully saturated rings. The molecule has 0 amide bonds. The smallest absolute Gasteiger partial charge is 0.124 e. The Morgan fingerprint density at radius 1 is 1.15 bits per heavy atom. The molecule has 1 aromatic heterocycles. The van der Waals surface area contributed by atoms with Crippen molar-refractivity contribution in [3.05, 3.63) is 45.1 Å². The molecule has 0 spiro atoms. The maximum atomic E-state index is 5.82. The molecule has 2 heterocycles. The lowest BCUT2D eigenvalue weighted by Crippen LogP contribution is -2.43. The molecule has 3 rings (SSSR count). The van der Waals surface area contributed by atoms with Gasteiger partial charge in [-0.25, -0.2) is 0 Å². The number of thiophene rings is 1. The fourth-order valence-corrected chi connectivity index (χ4v) is 3.63. The number of piperazine rings is 1. The van der Waals surface area contributed by atoms with Gasteiger partial charge in [0.05, 0.1) is 4.88 Å². The number of nitrogens with one attached hydrogen (secondary N) is 1. The zero-order valence-corrected chi connectivity index (χ0v) is 13.5. The SMILES string of the molecule is Brc1ccsc1COc1ccc(N2CCNCC2)cc1. The molecule has 1 aromatic carbocycles. The van der Waals surface area contributed by atoms with Gasteiger partial charge in [0.25, 0.3) is 0 Å². The minimum Gasteiger partial charge on any atom is -0.488 e. The third-order valence-electron chi connectivity index (χ3n) is 3.38. The first-order valence-electron chi connectivity index (χ1n) is 6.73. The predicted molar refractivity (Wildman–Crippen MR) is 87.9 cm³/mol. The molecular formula is C15H17BrN2OS. The van der Waals surface area contributed by atoms with Crippen molar-refractivity contribution in [3.8, 4) is 5.75 Å². The van der Waals surface area contributed by atoms with Crippen LogP contribution in [-0.4, -0.2) is 26.2 Å². The first kappa shape index (κ1) is 13.9. The van der Waals surface area contributed by atoms with Crippen LogP contribution >= 0.6 is 27.3 Å². The van der Waals surface area contributed by atoms with Gasteiger partial charge in [-0.2, -0.15) is 0 Å². The first-order chi connectivity index (χ1) is 9.83. The highest BCUT2D eigenvalue weighted by Gasteiger charge is 2.10. The third-order valence-corrected chi connectivity index (χ3v) is 5.28. The lowest BCUT2D eigenvalue weighted by atomic mass is 10.2. The molecule has 1 saturated heterocycles. The largest absolute Gasteiger partial charge is 0.488 e. The van der Waals surface area contributed by atoms with Gasteiger partial charge in [0.15, 0.2) is 0 Å². The Kier molecular flexibility index (Phi) is 4.60. The predicted octanol–water partition coefficient (Wildman–Crippen LogP) is 3.50. The fraction of sp³-hybridized carbons (Fsp3) is 0.333. The molecule has 0 aliphatic carbocycles. The van der Waals surface area contributed by atoms with Crippen LogP contribution < -0.4 is 15.0 Å². The summed E-state index contributed by atoms with van der Waals surface area (Å²) < 4.78 is 6.95. The molecule has 5 heteroatoms. The Morgan fingerprint density at radius 2 is 1.90 bits per heavy atom. The fourth-order valence-electron chi connectivity index (χ4n) is 2.25. The Morgan fingerprint density at radius 3 is 2.55 bits per heavy atom. The lowest BCUT2D eigenvalue weighted by Gasteiger charge is -2.29. The van der Waals surface area contributed by atoms with Gasteiger partial charge in [-0.05, 0) is 51.6 Å². The molecule has 1 aliphatic rings. The van der Waals surface area contributed by atoms with E-state index in [1.165, 1.54) is 10.6 Å². The zero-order valence-electron chi connectivity index (χ0n) is 11.1. The van der Waals surface area contributed by atoms with E-state index in [1.807, 2.05) is 0 Å². The van der Waals surface area contributed by atoms with Crippen LogP contribution in [0.5, 0.6) is 5.75 Å². The van der Waals surface area contributed by atoms with Gasteiger partial charge in [-0.1, -0.05) is 0 Å². The second-order valence-corrected chi connectivity index (χ2v) is 6.57. The second-order valence-electron chi connectivity index (χ2n) is 4.71. The van der Waals surface area contributed by atoms with Crippen LogP contribution in [0.4, 0.5) is 5.69 Å². The lowest BCUT2D eigenvalue weighted by molar-refractivity contribution is 0.309. The van der Waals surface area contributed by atoms with Crippen LogP contribution in [0.25, 0.3) is 0 Å². The molecule has 2 aromatic rings. The second kappa shape index (κ2) is 6.61. The summed E-state index contributed by atoms with van der Waals surface area (Å²) in [5.41, 5.74) is 1.27. The highest BCUT2D eigenvalue weighted by molar-refractivity contribution is 9.10. The Bertz CT molecular complexity index is 549. The molecule has 1 aliphatic heterocycles. The first-order valence-corrected chi connectivity index (χ1v) is 8.40. The van der Waals surface area contributed by atoms with Crippen molar-refractivity contribution in [2.24, 2.45) is 0 Å². The van der Waals surface area contributed by atoms with Gasteiger partial charge in [-0.3, -0.25) is 0 Å². The third kappa shape index (κ3) is 3.34. The molecule has 106 valence electrons. The summed E-state index contributed by atoms with van der Waals surface area (Å²) in [7, 11) is 0. The number of hydrogen-bond acceptors (Lipinski definition) is 4. The molecule has 0 bridgehead atoms. The summed E-state index contributed by atoms with van der Waals surface area (Å²) in [4.78, 5) is 3.62. The highest BCUT2D eigenvalue weighted by atomic mass is 79.9. The quantitative estimate of drug-likeness (QED) is 0.911. The summed E-state index contributed by atoms with van der Waals surface area (Å²) in [5.74, 6) is 0.921. The standard InChI is InChI=1S/C15H17BrN2OS/c16-14-5-10-20-15(14)11-19-13-3-1-12(2-4-13)18-8-6-17-7-9-18/h1-5,10,17H,6-9,11H2. The molecule has 20 heavy (non-hydrogen) atoms. The van der Waals surface area contributed by atoms with Crippen LogP contribution in [0.1, 0.15) is 4.88 Å². The number of nitrogens with zero attached hydrogens (tertiary/aromatic N) is 1. The van der Waals surface area contributed by atoms with Crippen molar-refractivity contribution in [3.63, 3.8) is 0 Å². The number of halogens is 1. The van der Waals surface area contributed by atoms with E-state index in [0.29, 0.717) is 6.61 Å². The minimum absolute atomic E-state index is 0.616. The molecule has 0 atom stereocenters. The van der Waals surface area contributed by atoms with E-state index in [0.717, 1.165) is 36.4 Å². The maximum Gasteiger partial charge on any atom is 0.124 e. The van der Waals surface area contributed by atoms with E-state index in [-0.39, 0.29) is 0 Å². The topological polar surface area (TPSA) is 24.5 Å². The summed E-state index contributed by atoms with van der Waals surface area (Å²) in [6, 6.07) is 10.4. The number of benzene rings is 1. The Hall–Kier alpha value is -1.04. The van der Waals surface area contributed by atoms with Gasteiger partial charge in [0.2, 0.25) is 0 Å². The summed E-state index contributed by atoms with van der Waals surface area (Å²) >= 11 is 5.23. The van der Waals surface area contributed by atoms with Gasteiger partial charge >= 0.3 is 0 Å². The Labute approximate surface area is 131 Å². The molecule has 1 N–H and O–H groups in total. The van der Waals surface area contributed by atoms with Crippen molar-refractivity contribution < 1.29 is 4.74 Å². The molecule has 0 saturated carbocycles. The maximum absolute atomic E-state index is 5.82. The average molecular weight is 353 g/mol. The van der Waals surface area contributed by atoms with Crippen molar-refractivity contribution in [1.29, 1.82) is 0 Å². The van der Waals surface area contributed by atoms with E-state index in [2.05, 4.69) is 61.9 Å². The average Bonchev–Trinajstić information content (AvgIpc) is 2.92. The van der Waals surface area contributed by atoms with Gasteiger partial charge in [0, 0.05) is 36.3 Å². The Balaban J connectivity index is 1.59. The molecule has 0 unspecified atom stereocenters. The van der Waals surface area contributed by atoms with Gasteiger partial charge < -0.3 is 15.0 Å². The number of anilines is 1. The van der Waals surface area contributed by atoms with E-state index in [9.17, 15) is 0 Å². The van der Waals surface area contributed by atoms with E-state index < -0.39 is 0 Å². The van der Waals surface area contributed by atoms with Crippen molar-refractivity contribution >= 4 is 33.0 Å². The van der Waals surface area contributed by atoms with E-state index in [4.69, 9.17) is 4.74 Å². The zero-order chi connectivity index (χ0) is 13.8. The van der Waals surface area contributed by atoms with Crippen LogP contribution in [0.2, 0.25) is 0 Å². The summed E-state index contributed by atoms with van der Waals surface area (Å²) in [6.45, 7) is 4.88. The van der Waals surface area contributed by atoms with Crippen molar-refractivity contribution in [2.45, 2.75) is 6.61 Å². The summed E-state index contributed by atoms with van der Waals surface area (Å²) in [5, 5.41) is 5.43. The van der Waals surface area contributed by atoms with E-state index >= 15 is 0 Å². The number of ether oxygens (including phenoxy) is 1. The van der Waals surface area contributed by atoms with Gasteiger partial charge in [-0.15, -0.1) is 11.3 Å².